The highest BCUT2D eigenvalue weighted by Gasteiger charge is 2.15. The van der Waals surface area contributed by atoms with Gasteiger partial charge in [-0.1, -0.05) is 12.1 Å². The molecule has 2 aromatic rings. The molecule has 0 spiro atoms. The first-order chi connectivity index (χ1) is 13.9. The maximum absolute atomic E-state index is 11.9. The summed E-state index contributed by atoms with van der Waals surface area (Å²) in [5.41, 5.74) is 2.63. The van der Waals surface area contributed by atoms with Gasteiger partial charge in [-0.2, -0.15) is 0 Å². The first-order valence-corrected chi connectivity index (χ1v) is 11.7. The van der Waals surface area contributed by atoms with E-state index in [2.05, 4.69) is 10.0 Å². The average molecular weight is 419 g/mol. The Balaban J connectivity index is 1.46. The van der Waals surface area contributed by atoms with E-state index < -0.39 is 15.3 Å². The lowest BCUT2D eigenvalue weighted by molar-refractivity contribution is -0.0110. The summed E-state index contributed by atoms with van der Waals surface area (Å²) in [6.45, 7) is 5.38. The van der Waals surface area contributed by atoms with Crippen molar-refractivity contribution in [1.29, 1.82) is 0 Å². The third-order valence-corrected chi connectivity index (χ3v) is 6.66. The number of ether oxygens (including phenoxy) is 2. The lowest BCUT2D eigenvalue weighted by Crippen LogP contribution is -2.25. The van der Waals surface area contributed by atoms with Crippen molar-refractivity contribution in [2.24, 2.45) is 0 Å². The Bertz CT molecular complexity index is 859. The van der Waals surface area contributed by atoms with E-state index in [1.807, 2.05) is 36.4 Å². The molecule has 0 aromatic heterocycles. The van der Waals surface area contributed by atoms with Crippen LogP contribution < -0.4 is 14.8 Å². The van der Waals surface area contributed by atoms with Crippen LogP contribution in [-0.2, 0) is 21.3 Å². The van der Waals surface area contributed by atoms with Crippen molar-refractivity contribution in [3.63, 3.8) is 0 Å². The zero-order chi connectivity index (χ0) is 20.7. The number of rotatable bonds is 9. The number of hydrogen-bond acceptors (Lipinski definition) is 5. The minimum absolute atomic E-state index is 0.203. The first kappa shape index (κ1) is 21.5. The molecule has 2 N–H and O–H groups in total. The third kappa shape index (κ3) is 6.65. The molecule has 29 heavy (non-hydrogen) atoms. The second kappa shape index (κ2) is 9.98. The van der Waals surface area contributed by atoms with Gasteiger partial charge in [-0.15, -0.1) is 0 Å². The third-order valence-electron chi connectivity index (χ3n) is 4.90. The number of anilines is 2. The average Bonchev–Trinajstić information content (AvgIpc) is 2.73. The van der Waals surface area contributed by atoms with Gasteiger partial charge < -0.3 is 14.8 Å². The summed E-state index contributed by atoms with van der Waals surface area (Å²) in [5, 5.41) is 2.89. The minimum atomic E-state index is -3.32. The summed E-state index contributed by atoms with van der Waals surface area (Å²) >= 11 is 0. The Morgan fingerprint density at radius 3 is 2.34 bits per heavy atom. The summed E-state index contributed by atoms with van der Waals surface area (Å²) in [5.74, 6) is 0.839. The zero-order valence-corrected chi connectivity index (χ0v) is 17.9. The SMILES string of the molecule is CC(C)S(=O)(=O)Nc1ccc(CNc2ccc(OCC3CCCCO3)cc2)cc1. The van der Waals surface area contributed by atoms with Crippen LogP contribution in [-0.4, -0.2) is 33.0 Å². The van der Waals surface area contributed by atoms with Crippen LogP contribution in [0.2, 0.25) is 0 Å². The van der Waals surface area contributed by atoms with Crippen LogP contribution in [0.1, 0.15) is 38.7 Å². The van der Waals surface area contributed by atoms with Crippen molar-refractivity contribution < 1.29 is 17.9 Å². The summed E-state index contributed by atoms with van der Waals surface area (Å²) in [7, 11) is -3.32. The van der Waals surface area contributed by atoms with Crippen LogP contribution in [0.3, 0.4) is 0 Å². The normalized spacial score (nSPS) is 17.1. The van der Waals surface area contributed by atoms with Gasteiger partial charge in [0.15, 0.2) is 0 Å². The molecule has 0 bridgehead atoms. The fourth-order valence-corrected chi connectivity index (χ4v) is 3.67. The van der Waals surface area contributed by atoms with E-state index in [1.165, 1.54) is 6.42 Å². The Kier molecular flexibility index (Phi) is 7.39. The number of benzene rings is 2. The summed E-state index contributed by atoms with van der Waals surface area (Å²) in [4.78, 5) is 0. The fraction of sp³-hybridized carbons (Fsp3) is 0.455. The van der Waals surface area contributed by atoms with E-state index >= 15 is 0 Å². The highest BCUT2D eigenvalue weighted by atomic mass is 32.2. The Hall–Kier alpha value is -2.25. The quantitative estimate of drug-likeness (QED) is 0.631. The van der Waals surface area contributed by atoms with Crippen molar-refractivity contribution in [2.75, 3.05) is 23.3 Å². The van der Waals surface area contributed by atoms with E-state index in [-0.39, 0.29) is 6.10 Å². The molecule has 1 saturated heterocycles. The van der Waals surface area contributed by atoms with E-state index in [9.17, 15) is 8.42 Å². The first-order valence-electron chi connectivity index (χ1n) is 10.1. The Labute approximate surface area is 173 Å². The summed E-state index contributed by atoms with van der Waals surface area (Å²) < 4.78 is 37.9. The molecule has 0 aliphatic carbocycles. The van der Waals surface area contributed by atoms with Gasteiger partial charge in [0.25, 0.3) is 0 Å². The molecule has 0 radical (unpaired) electrons. The van der Waals surface area contributed by atoms with Crippen LogP contribution in [0.25, 0.3) is 0 Å². The zero-order valence-electron chi connectivity index (χ0n) is 17.1. The van der Waals surface area contributed by atoms with Gasteiger partial charge in [-0.3, -0.25) is 4.72 Å². The molecule has 7 heteroatoms. The number of hydrogen-bond donors (Lipinski definition) is 2. The molecule has 1 heterocycles. The van der Waals surface area contributed by atoms with Gasteiger partial charge >= 0.3 is 0 Å². The smallest absolute Gasteiger partial charge is 0.235 e. The molecular weight excluding hydrogens is 388 g/mol. The molecule has 1 atom stereocenters. The van der Waals surface area contributed by atoms with E-state index in [4.69, 9.17) is 9.47 Å². The van der Waals surface area contributed by atoms with Gasteiger partial charge in [0.05, 0.1) is 11.4 Å². The van der Waals surface area contributed by atoms with Crippen LogP contribution in [0, 0.1) is 0 Å². The Morgan fingerprint density at radius 2 is 1.72 bits per heavy atom. The molecule has 1 aliphatic rings. The molecule has 3 rings (SSSR count). The minimum Gasteiger partial charge on any atom is -0.491 e. The standard InChI is InChI=1S/C22H30N2O4S/c1-17(2)29(25,26)24-20-8-6-18(7-9-20)15-23-19-10-12-21(13-11-19)28-16-22-5-3-4-14-27-22/h6-13,17,22-24H,3-5,14-16H2,1-2H3. The van der Waals surface area contributed by atoms with E-state index in [0.29, 0.717) is 18.8 Å². The van der Waals surface area contributed by atoms with E-state index in [1.54, 1.807) is 26.0 Å². The maximum Gasteiger partial charge on any atom is 0.235 e. The molecule has 1 fully saturated rings. The topological polar surface area (TPSA) is 76.7 Å². The molecule has 0 saturated carbocycles. The molecule has 1 aliphatic heterocycles. The van der Waals surface area contributed by atoms with Crippen molar-refractivity contribution in [3.05, 3.63) is 54.1 Å². The molecular formula is C22H30N2O4S. The second-order valence-electron chi connectivity index (χ2n) is 7.57. The second-order valence-corrected chi connectivity index (χ2v) is 9.81. The van der Waals surface area contributed by atoms with Crippen molar-refractivity contribution in [1.82, 2.24) is 0 Å². The van der Waals surface area contributed by atoms with Crippen LogP contribution >= 0.6 is 0 Å². The largest absolute Gasteiger partial charge is 0.491 e. The monoisotopic (exact) mass is 418 g/mol. The summed E-state index contributed by atoms with van der Waals surface area (Å²) in [6, 6.07) is 15.3. The Morgan fingerprint density at radius 1 is 1.03 bits per heavy atom. The molecule has 6 nitrogen and oxygen atoms in total. The van der Waals surface area contributed by atoms with Crippen molar-refractivity contribution >= 4 is 21.4 Å². The van der Waals surface area contributed by atoms with Crippen LogP contribution in [0.15, 0.2) is 48.5 Å². The highest BCUT2D eigenvalue weighted by Crippen LogP contribution is 2.19. The molecule has 2 aromatic carbocycles. The van der Waals surface area contributed by atoms with E-state index in [0.717, 1.165) is 36.4 Å². The van der Waals surface area contributed by atoms with Crippen LogP contribution in [0.5, 0.6) is 5.75 Å². The summed E-state index contributed by atoms with van der Waals surface area (Å²) in [6.07, 6.45) is 3.63. The molecule has 1 unspecified atom stereocenters. The van der Waals surface area contributed by atoms with Crippen molar-refractivity contribution in [2.45, 2.75) is 51.0 Å². The lowest BCUT2D eigenvalue weighted by Gasteiger charge is -2.22. The van der Waals surface area contributed by atoms with Gasteiger partial charge in [0, 0.05) is 24.5 Å². The van der Waals surface area contributed by atoms with Crippen LogP contribution in [0.4, 0.5) is 11.4 Å². The van der Waals surface area contributed by atoms with Gasteiger partial charge in [-0.25, -0.2) is 8.42 Å². The highest BCUT2D eigenvalue weighted by molar-refractivity contribution is 7.93. The van der Waals surface area contributed by atoms with Gasteiger partial charge in [0.1, 0.15) is 12.4 Å². The fourth-order valence-electron chi connectivity index (χ4n) is 2.97. The number of sulfonamides is 1. The lowest BCUT2D eigenvalue weighted by atomic mass is 10.1. The van der Waals surface area contributed by atoms with Gasteiger partial charge in [-0.05, 0) is 75.1 Å². The predicted octanol–water partition coefficient (Wildman–Crippen LogP) is 4.40. The molecule has 158 valence electrons. The predicted molar refractivity (Wildman–Crippen MR) is 117 cm³/mol. The molecule has 0 amide bonds. The number of nitrogens with one attached hydrogen (secondary N) is 2. The van der Waals surface area contributed by atoms with Gasteiger partial charge in [0.2, 0.25) is 10.0 Å². The maximum atomic E-state index is 11.9. The van der Waals surface area contributed by atoms with Crippen molar-refractivity contribution in [3.8, 4) is 5.75 Å².